The zero-order valence-corrected chi connectivity index (χ0v) is 15.2. The molecule has 1 aromatic heterocycles. The molecule has 0 spiro atoms. The van der Waals surface area contributed by atoms with E-state index in [4.69, 9.17) is 14.0 Å². The molecule has 6 nitrogen and oxygen atoms in total. The van der Waals surface area contributed by atoms with Gasteiger partial charge >= 0.3 is 0 Å². The van der Waals surface area contributed by atoms with Gasteiger partial charge < -0.3 is 19.3 Å². The lowest BCUT2D eigenvalue weighted by Crippen LogP contribution is -2.27. The Bertz CT molecular complexity index is 955. The molecule has 27 heavy (non-hydrogen) atoms. The van der Waals surface area contributed by atoms with Crippen LogP contribution in [0.2, 0.25) is 0 Å². The minimum atomic E-state index is -0.449. The molecule has 0 aliphatic rings. The Labute approximate surface area is 155 Å². The molecule has 0 saturated carbocycles. The molecule has 140 valence electrons. The molecular weight excluding hydrogens is 351 g/mol. The summed E-state index contributed by atoms with van der Waals surface area (Å²) < 4.78 is 29.6. The van der Waals surface area contributed by atoms with E-state index in [-0.39, 0.29) is 23.1 Å². The van der Waals surface area contributed by atoms with Crippen molar-refractivity contribution in [3.63, 3.8) is 0 Å². The maximum Gasteiger partial charge on any atom is 0.273 e. The first-order valence-corrected chi connectivity index (χ1v) is 8.28. The molecule has 2 aromatic carbocycles. The molecule has 3 rings (SSSR count). The Kier molecular flexibility index (Phi) is 5.40. The van der Waals surface area contributed by atoms with Crippen molar-refractivity contribution in [1.29, 1.82) is 0 Å². The average Bonchev–Trinajstić information content (AvgIpc) is 3.17. The second-order valence-corrected chi connectivity index (χ2v) is 5.86. The quantitative estimate of drug-likeness (QED) is 0.710. The zero-order chi connectivity index (χ0) is 19.4. The Morgan fingerprint density at radius 2 is 1.93 bits per heavy atom. The number of carbonyl (C=O) groups is 1. The van der Waals surface area contributed by atoms with Crippen LogP contribution in [0.5, 0.6) is 11.5 Å². The van der Waals surface area contributed by atoms with E-state index < -0.39 is 11.7 Å². The van der Waals surface area contributed by atoms with E-state index in [0.717, 1.165) is 5.56 Å². The van der Waals surface area contributed by atoms with Crippen LogP contribution in [0, 0.1) is 5.82 Å². The summed E-state index contributed by atoms with van der Waals surface area (Å²) in [7, 11) is 3.12. The number of nitrogens with one attached hydrogen (secondary N) is 1. The maximum atomic E-state index is 13.9. The highest BCUT2D eigenvalue weighted by Crippen LogP contribution is 2.29. The number of hydrogen-bond acceptors (Lipinski definition) is 5. The smallest absolute Gasteiger partial charge is 0.273 e. The highest BCUT2D eigenvalue weighted by atomic mass is 19.1. The van der Waals surface area contributed by atoms with Gasteiger partial charge in [0.05, 0.1) is 25.8 Å². The Hall–Kier alpha value is -3.35. The van der Waals surface area contributed by atoms with Crippen LogP contribution in [0.1, 0.15) is 29.0 Å². The summed E-state index contributed by atoms with van der Waals surface area (Å²) in [5.41, 5.74) is 1.05. The molecule has 0 saturated heterocycles. The molecule has 0 aliphatic heterocycles. The number of benzene rings is 2. The van der Waals surface area contributed by atoms with Gasteiger partial charge in [0.25, 0.3) is 5.91 Å². The van der Waals surface area contributed by atoms with Crippen molar-refractivity contribution in [2.24, 2.45) is 0 Å². The predicted octanol–water partition coefficient (Wildman–Crippen LogP) is 3.99. The summed E-state index contributed by atoms with van der Waals surface area (Å²) in [5, 5.41) is 6.57. The van der Waals surface area contributed by atoms with Gasteiger partial charge in [-0.15, -0.1) is 0 Å². The number of ether oxygens (including phenoxy) is 2. The third kappa shape index (κ3) is 3.92. The monoisotopic (exact) mass is 370 g/mol. The molecule has 1 amide bonds. The fraction of sp³-hybridized carbons (Fsp3) is 0.200. The molecular formula is C20H19FN2O4. The van der Waals surface area contributed by atoms with Crippen LogP contribution in [0.25, 0.3) is 11.3 Å². The zero-order valence-electron chi connectivity index (χ0n) is 15.2. The van der Waals surface area contributed by atoms with E-state index in [1.807, 2.05) is 6.92 Å². The maximum absolute atomic E-state index is 13.9. The van der Waals surface area contributed by atoms with Crippen molar-refractivity contribution in [3.05, 3.63) is 65.6 Å². The summed E-state index contributed by atoms with van der Waals surface area (Å²) >= 11 is 0. The average molecular weight is 370 g/mol. The van der Waals surface area contributed by atoms with Crippen LogP contribution in [-0.4, -0.2) is 25.3 Å². The van der Waals surface area contributed by atoms with E-state index >= 15 is 0 Å². The highest BCUT2D eigenvalue weighted by Gasteiger charge is 2.20. The fourth-order valence-electron chi connectivity index (χ4n) is 2.70. The Morgan fingerprint density at radius 1 is 1.15 bits per heavy atom. The predicted molar refractivity (Wildman–Crippen MR) is 97.3 cm³/mol. The van der Waals surface area contributed by atoms with Gasteiger partial charge in [0.1, 0.15) is 17.3 Å². The molecule has 1 N–H and O–H groups in total. The highest BCUT2D eigenvalue weighted by molar-refractivity contribution is 5.93. The second-order valence-electron chi connectivity index (χ2n) is 5.86. The summed E-state index contributed by atoms with van der Waals surface area (Å²) in [6.07, 6.45) is 0. The van der Waals surface area contributed by atoms with Crippen molar-refractivity contribution in [2.45, 2.75) is 13.0 Å². The lowest BCUT2D eigenvalue weighted by atomic mass is 10.1. The van der Waals surface area contributed by atoms with Crippen LogP contribution in [0.4, 0.5) is 4.39 Å². The largest absolute Gasteiger partial charge is 0.497 e. The number of rotatable bonds is 6. The van der Waals surface area contributed by atoms with Gasteiger partial charge in [-0.05, 0) is 37.3 Å². The van der Waals surface area contributed by atoms with E-state index in [1.165, 1.54) is 12.1 Å². The van der Waals surface area contributed by atoms with Crippen LogP contribution >= 0.6 is 0 Å². The fourth-order valence-corrected chi connectivity index (χ4v) is 2.70. The summed E-state index contributed by atoms with van der Waals surface area (Å²) in [5.74, 6) is 0.560. The van der Waals surface area contributed by atoms with Crippen molar-refractivity contribution in [1.82, 2.24) is 10.5 Å². The van der Waals surface area contributed by atoms with Crippen molar-refractivity contribution in [2.75, 3.05) is 14.2 Å². The molecule has 0 aliphatic carbocycles. The van der Waals surface area contributed by atoms with Gasteiger partial charge in [0, 0.05) is 11.6 Å². The number of carbonyl (C=O) groups excluding carboxylic acids is 1. The molecule has 1 unspecified atom stereocenters. The second kappa shape index (κ2) is 7.90. The van der Waals surface area contributed by atoms with Gasteiger partial charge in [-0.1, -0.05) is 17.3 Å². The first-order valence-electron chi connectivity index (χ1n) is 8.28. The van der Waals surface area contributed by atoms with E-state index in [2.05, 4.69) is 10.5 Å². The van der Waals surface area contributed by atoms with Gasteiger partial charge in [-0.3, -0.25) is 4.79 Å². The van der Waals surface area contributed by atoms with E-state index in [1.54, 1.807) is 50.6 Å². The standard InChI is InChI=1S/C20H19FN2O4/c1-12(15-10-13(25-2)8-9-18(15)26-3)22-20(24)17-11-19(27-23-17)14-6-4-5-7-16(14)21/h4-12H,1-3H3,(H,22,24). The normalized spacial score (nSPS) is 11.7. The number of amides is 1. The van der Waals surface area contributed by atoms with E-state index in [9.17, 15) is 9.18 Å². The van der Waals surface area contributed by atoms with Crippen LogP contribution in [0.3, 0.4) is 0 Å². The summed E-state index contributed by atoms with van der Waals surface area (Å²) in [6, 6.07) is 12.5. The third-order valence-electron chi connectivity index (χ3n) is 4.13. The first-order chi connectivity index (χ1) is 13.0. The molecule has 1 atom stereocenters. The number of methoxy groups -OCH3 is 2. The van der Waals surface area contributed by atoms with Gasteiger partial charge in [0.2, 0.25) is 0 Å². The van der Waals surface area contributed by atoms with Crippen molar-refractivity contribution >= 4 is 5.91 Å². The van der Waals surface area contributed by atoms with Crippen LogP contribution < -0.4 is 14.8 Å². The Balaban J connectivity index is 1.79. The molecule has 0 fully saturated rings. The molecule has 7 heteroatoms. The minimum Gasteiger partial charge on any atom is -0.497 e. The van der Waals surface area contributed by atoms with Crippen molar-refractivity contribution < 1.29 is 23.2 Å². The van der Waals surface area contributed by atoms with E-state index in [0.29, 0.717) is 11.5 Å². The third-order valence-corrected chi connectivity index (χ3v) is 4.13. The van der Waals surface area contributed by atoms with Crippen LogP contribution in [0.15, 0.2) is 53.1 Å². The number of halogens is 1. The molecule has 3 aromatic rings. The number of nitrogens with zero attached hydrogens (tertiary/aromatic N) is 1. The topological polar surface area (TPSA) is 73.6 Å². The Morgan fingerprint density at radius 3 is 2.63 bits per heavy atom. The summed E-state index contributed by atoms with van der Waals surface area (Å²) in [4.78, 5) is 12.5. The number of hydrogen-bond donors (Lipinski definition) is 1. The van der Waals surface area contributed by atoms with Crippen LogP contribution in [-0.2, 0) is 0 Å². The number of aromatic nitrogens is 1. The van der Waals surface area contributed by atoms with Gasteiger partial charge in [0.15, 0.2) is 11.5 Å². The molecule has 0 radical (unpaired) electrons. The SMILES string of the molecule is COc1ccc(OC)c(C(C)NC(=O)c2cc(-c3ccccc3F)on2)c1. The van der Waals surface area contributed by atoms with Gasteiger partial charge in [-0.2, -0.15) is 0 Å². The van der Waals surface area contributed by atoms with Crippen molar-refractivity contribution in [3.8, 4) is 22.8 Å². The molecule has 1 heterocycles. The summed E-state index contributed by atoms with van der Waals surface area (Å²) in [6.45, 7) is 1.81. The lowest BCUT2D eigenvalue weighted by Gasteiger charge is -2.17. The first kappa shape index (κ1) is 18.4. The van der Waals surface area contributed by atoms with Gasteiger partial charge in [-0.25, -0.2) is 4.39 Å². The molecule has 0 bridgehead atoms. The minimum absolute atomic E-state index is 0.0574. The lowest BCUT2D eigenvalue weighted by molar-refractivity contribution is 0.0930.